The first kappa shape index (κ1) is 21.6. The number of β-amino-alcohol motifs (C(OH)–C–C–N with tert-alkyl or cyclic N) is 1. The number of ether oxygens (including phenoxy) is 3. The third-order valence-electron chi connectivity index (χ3n) is 5.29. The number of rotatable bonds is 10. The first-order chi connectivity index (χ1) is 14.2. The Morgan fingerprint density at radius 2 is 1.55 bits per heavy atom. The summed E-state index contributed by atoms with van der Waals surface area (Å²) < 4.78 is 15.9. The zero-order valence-electron chi connectivity index (χ0n) is 17.3. The predicted octanol–water partition coefficient (Wildman–Crippen LogP) is 2.27. The molecule has 0 amide bonds. The Bertz CT molecular complexity index is 715. The summed E-state index contributed by atoms with van der Waals surface area (Å²) in [5.41, 5.74) is 2.38. The maximum Gasteiger partial charge on any atom is 0.118 e. The molecule has 1 saturated heterocycles. The van der Waals surface area contributed by atoms with E-state index in [0.717, 1.165) is 44.2 Å². The van der Waals surface area contributed by atoms with Gasteiger partial charge in [0.2, 0.25) is 0 Å². The molecule has 3 rings (SSSR count). The van der Waals surface area contributed by atoms with E-state index in [-0.39, 0.29) is 6.04 Å². The molecule has 6 heteroatoms. The number of morpholine rings is 1. The van der Waals surface area contributed by atoms with Crippen molar-refractivity contribution in [2.45, 2.75) is 18.6 Å². The van der Waals surface area contributed by atoms with E-state index in [0.29, 0.717) is 13.1 Å². The molecule has 1 aliphatic heterocycles. The Kier molecular flexibility index (Phi) is 8.31. The summed E-state index contributed by atoms with van der Waals surface area (Å²) in [5, 5.41) is 14.1. The van der Waals surface area contributed by atoms with Crippen molar-refractivity contribution < 1.29 is 19.3 Å². The van der Waals surface area contributed by atoms with E-state index < -0.39 is 6.10 Å². The molecule has 158 valence electrons. The van der Waals surface area contributed by atoms with Crippen molar-refractivity contribution in [1.29, 1.82) is 0 Å². The summed E-state index contributed by atoms with van der Waals surface area (Å²) in [6.45, 7) is 4.44. The Morgan fingerprint density at radius 3 is 2.14 bits per heavy atom. The van der Waals surface area contributed by atoms with Gasteiger partial charge in [0.05, 0.1) is 33.5 Å². The van der Waals surface area contributed by atoms with Crippen molar-refractivity contribution in [3.8, 4) is 11.5 Å². The van der Waals surface area contributed by atoms with E-state index in [1.807, 2.05) is 24.3 Å². The van der Waals surface area contributed by atoms with Crippen LogP contribution in [0, 0.1) is 0 Å². The molecule has 1 heterocycles. The Hall–Kier alpha value is -2.12. The van der Waals surface area contributed by atoms with E-state index in [9.17, 15) is 5.11 Å². The highest BCUT2D eigenvalue weighted by Crippen LogP contribution is 2.23. The predicted molar refractivity (Wildman–Crippen MR) is 114 cm³/mol. The SMILES string of the molecule is COc1ccc(CC(NCC(O)CN2CCOCC2)c2ccc(OC)cc2)cc1. The van der Waals surface area contributed by atoms with Gasteiger partial charge in [-0.25, -0.2) is 0 Å². The number of hydrogen-bond donors (Lipinski definition) is 2. The molecular formula is C23H32N2O4. The van der Waals surface area contributed by atoms with Gasteiger partial charge >= 0.3 is 0 Å². The van der Waals surface area contributed by atoms with Gasteiger partial charge in [0, 0.05) is 32.2 Å². The first-order valence-electron chi connectivity index (χ1n) is 10.2. The van der Waals surface area contributed by atoms with Crippen molar-refractivity contribution in [2.24, 2.45) is 0 Å². The summed E-state index contributed by atoms with van der Waals surface area (Å²) in [7, 11) is 3.34. The van der Waals surface area contributed by atoms with Crippen molar-refractivity contribution in [1.82, 2.24) is 10.2 Å². The van der Waals surface area contributed by atoms with E-state index in [4.69, 9.17) is 14.2 Å². The second-order valence-corrected chi connectivity index (χ2v) is 7.35. The largest absolute Gasteiger partial charge is 0.497 e. The highest BCUT2D eigenvalue weighted by Gasteiger charge is 2.18. The Morgan fingerprint density at radius 1 is 0.966 bits per heavy atom. The van der Waals surface area contributed by atoms with Gasteiger partial charge in [-0.15, -0.1) is 0 Å². The molecule has 2 atom stereocenters. The van der Waals surface area contributed by atoms with Crippen LogP contribution >= 0.6 is 0 Å². The van der Waals surface area contributed by atoms with E-state index in [2.05, 4.69) is 34.5 Å². The highest BCUT2D eigenvalue weighted by molar-refractivity contribution is 5.32. The van der Waals surface area contributed by atoms with Gasteiger partial charge in [0.25, 0.3) is 0 Å². The van der Waals surface area contributed by atoms with E-state index in [1.54, 1.807) is 14.2 Å². The van der Waals surface area contributed by atoms with Gasteiger partial charge in [-0.05, 0) is 41.8 Å². The van der Waals surface area contributed by atoms with Crippen LogP contribution < -0.4 is 14.8 Å². The number of methoxy groups -OCH3 is 2. The molecule has 2 unspecified atom stereocenters. The van der Waals surface area contributed by atoms with E-state index >= 15 is 0 Å². The van der Waals surface area contributed by atoms with Crippen molar-refractivity contribution in [3.05, 3.63) is 59.7 Å². The molecule has 2 aromatic rings. The normalized spacial score (nSPS) is 16.9. The van der Waals surface area contributed by atoms with Crippen LogP contribution in [0.4, 0.5) is 0 Å². The number of benzene rings is 2. The molecule has 6 nitrogen and oxygen atoms in total. The molecule has 0 bridgehead atoms. The summed E-state index contributed by atoms with van der Waals surface area (Å²) >= 11 is 0. The van der Waals surface area contributed by atoms with Crippen LogP contribution in [0.2, 0.25) is 0 Å². The average molecular weight is 401 g/mol. The maximum atomic E-state index is 10.5. The standard InChI is InChI=1S/C23H32N2O4/c1-27-21-7-3-18(4-8-21)15-23(19-5-9-22(28-2)10-6-19)24-16-20(26)17-25-11-13-29-14-12-25/h3-10,20,23-24,26H,11-17H2,1-2H3. The van der Waals surface area contributed by atoms with Crippen molar-refractivity contribution in [3.63, 3.8) is 0 Å². The minimum absolute atomic E-state index is 0.0913. The summed E-state index contributed by atoms with van der Waals surface area (Å²) in [6.07, 6.45) is 0.394. The summed E-state index contributed by atoms with van der Waals surface area (Å²) in [6, 6.07) is 16.3. The fourth-order valence-electron chi connectivity index (χ4n) is 3.57. The van der Waals surface area contributed by atoms with Crippen LogP contribution in [0.3, 0.4) is 0 Å². The molecule has 29 heavy (non-hydrogen) atoms. The molecule has 2 aromatic carbocycles. The molecule has 1 aliphatic rings. The summed E-state index contributed by atoms with van der Waals surface area (Å²) in [5.74, 6) is 1.69. The quantitative estimate of drug-likeness (QED) is 0.638. The molecule has 0 saturated carbocycles. The topological polar surface area (TPSA) is 63.2 Å². The second kappa shape index (κ2) is 11.2. The summed E-state index contributed by atoms with van der Waals surface area (Å²) in [4.78, 5) is 2.25. The smallest absolute Gasteiger partial charge is 0.118 e. The molecule has 2 N–H and O–H groups in total. The van der Waals surface area contributed by atoms with Crippen LogP contribution in [0.25, 0.3) is 0 Å². The lowest BCUT2D eigenvalue weighted by molar-refractivity contribution is 0.0144. The Labute approximate surface area is 173 Å². The number of hydrogen-bond acceptors (Lipinski definition) is 6. The minimum atomic E-state index is -0.426. The van der Waals surface area contributed by atoms with Crippen LogP contribution in [-0.2, 0) is 11.2 Å². The highest BCUT2D eigenvalue weighted by atomic mass is 16.5. The van der Waals surface area contributed by atoms with Gasteiger partial charge in [-0.1, -0.05) is 24.3 Å². The third-order valence-corrected chi connectivity index (χ3v) is 5.29. The van der Waals surface area contributed by atoms with E-state index in [1.165, 1.54) is 11.1 Å². The van der Waals surface area contributed by atoms with Gasteiger partial charge < -0.3 is 24.6 Å². The lowest BCUT2D eigenvalue weighted by Gasteiger charge is -2.29. The monoisotopic (exact) mass is 400 g/mol. The Balaban J connectivity index is 1.63. The molecule has 1 fully saturated rings. The van der Waals surface area contributed by atoms with Crippen molar-refractivity contribution >= 4 is 0 Å². The average Bonchev–Trinajstić information content (AvgIpc) is 2.78. The lowest BCUT2D eigenvalue weighted by atomic mass is 9.98. The number of aliphatic hydroxyl groups is 1. The molecule has 0 aliphatic carbocycles. The molecule has 0 aromatic heterocycles. The van der Waals surface area contributed by atoms with Gasteiger partial charge in [0.15, 0.2) is 0 Å². The molecule has 0 radical (unpaired) electrons. The van der Waals surface area contributed by atoms with Crippen LogP contribution in [0.15, 0.2) is 48.5 Å². The fourth-order valence-corrected chi connectivity index (χ4v) is 3.57. The fraction of sp³-hybridized carbons (Fsp3) is 0.478. The maximum absolute atomic E-state index is 10.5. The number of nitrogens with zero attached hydrogens (tertiary/aromatic N) is 1. The van der Waals surface area contributed by atoms with Crippen LogP contribution in [-0.4, -0.2) is 69.7 Å². The van der Waals surface area contributed by atoms with Gasteiger partial charge in [-0.2, -0.15) is 0 Å². The second-order valence-electron chi connectivity index (χ2n) is 7.35. The zero-order valence-corrected chi connectivity index (χ0v) is 17.3. The number of aliphatic hydroxyl groups excluding tert-OH is 1. The van der Waals surface area contributed by atoms with Crippen LogP contribution in [0.5, 0.6) is 11.5 Å². The zero-order chi connectivity index (χ0) is 20.5. The molecule has 0 spiro atoms. The molecular weight excluding hydrogens is 368 g/mol. The van der Waals surface area contributed by atoms with Crippen molar-refractivity contribution in [2.75, 3.05) is 53.6 Å². The van der Waals surface area contributed by atoms with Crippen LogP contribution in [0.1, 0.15) is 17.2 Å². The minimum Gasteiger partial charge on any atom is -0.497 e. The van der Waals surface area contributed by atoms with Gasteiger partial charge in [0.1, 0.15) is 11.5 Å². The third kappa shape index (κ3) is 6.72. The lowest BCUT2D eigenvalue weighted by Crippen LogP contribution is -2.44. The number of nitrogens with one attached hydrogen (secondary N) is 1. The van der Waals surface area contributed by atoms with Gasteiger partial charge in [-0.3, -0.25) is 4.90 Å². The first-order valence-corrected chi connectivity index (χ1v) is 10.2.